The van der Waals surface area contributed by atoms with Gasteiger partial charge in [-0.05, 0) is 66.2 Å². The van der Waals surface area contributed by atoms with Crippen LogP contribution in [-0.4, -0.2) is 24.1 Å². The molecule has 0 saturated heterocycles. The van der Waals surface area contributed by atoms with Gasteiger partial charge in [-0.25, -0.2) is 19.8 Å². The molecular formula is C61H33N9. The summed E-state index contributed by atoms with van der Waals surface area (Å²) in [7, 11) is 0. The lowest BCUT2D eigenvalue weighted by atomic mass is 9.88. The molecule has 0 bridgehead atoms. The first-order valence-electron chi connectivity index (χ1n) is 22.5. The lowest BCUT2D eigenvalue weighted by Crippen LogP contribution is -2.05. The molecule has 9 aromatic carbocycles. The Morgan fingerprint density at radius 1 is 0.414 bits per heavy atom. The predicted molar refractivity (Wildman–Crippen MR) is 276 cm³/mol. The lowest BCUT2D eigenvalue weighted by Gasteiger charge is -2.22. The van der Waals surface area contributed by atoms with E-state index in [4.69, 9.17) is 21.5 Å². The van der Waals surface area contributed by atoms with Crippen molar-refractivity contribution < 1.29 is 0 Å². The van der Waals surface area contributed by atoms with Crippen molar-refractivity contribution in [2.75, 3.05) is 0 Å². The highest BCUT2D eigenvalue weighted by molar-refractivity contribution is 6.26. The molecule has 0 fully saturated rings. The van der Waals surface area contributed by atoms with Crippen LogP contribution in [0.25, 0.3) is 116 Å². The summed E-state index contributed by atoms with van der Waals surface area (Å²) in [5.74, 6) is 1.29. The van der Waals surface area contributed by atoms with E-state index in [0.29, 0.717) is 62.2 Å². The van der Waals surface area contributed by atoms with Gasteiger partial charge in [-0.15, -0.1) is 0 Å². The van der Waals surface area contributed by atoms with Gasteiger partial charge in [-0.1, -0.05) is 140 Å². The van der Waals surface area contributed by atoms with Gasteiger partial charge in [0.2, 0.25) is 0 Å². The summed E-state index contributed by atoms with van der Waals surface area (Å²) in [4.78, 5) is 19.0. The molecule has 0 aliphatic carbocycles. The number of hydrogen-bond acceptors (Lipinski definition) is 6. The molecule has 0 radical (unpaired) electrons. The van der Waals surface area contributed by atoms with Gasteiger partial charge in [0.15, 0.2) is 23.2 Å². The van der Waals surface area contributed by atoms with Crippen LogP contribution in [0.4, 0.5) is 5.69 Å². The molecule has 3 heterocycles. The minimum Gasteiger partial charge on any atom is -0.309 e. The van der Waals surface area contributed by atoms with Crippen LogP contribution >= 0.6 is 0 Å². The van der Waals surface area contributed by atoms with Gasteiger partial charge in [0.25, 0.3) is 0 Å². The van der Waals surface area contributed by atoms with Crippen molar-refractivity contribution in [3.63, 3.8) is 0 Å². The van der Waals surface area contributed by atoms with Crippen LogP contribution in [0.2, 0.25) is 0 Å². The van der Waals surface area contributed by atoms with Crippen LogP contribution in [0.5, 0.6) is 0 Å². The van der Waals surface area contributed by atoms with E-state index in [1.54, 1.807) is 24.3 Å². The van der Waals surface area contributed by atoms with Gasteiger partial charge in [-0.2, -0.15) is 15.8 Å². The fourth-order valence-electron chi connectivity index (χ4n) is 9.82. The molecule has 322 valence electrons. The van der Waals surface area contributed by atoms with Gasteiger partial charge in [0.1, 0.15) is 0 Å². The summed E-state index contributed by atoms with van der Waals surface area (Å²) in [6.45, 7) is 7.90. The van der Waals surface area contributed by atoms with Crippen LogP contribution in [0.3, 0.4) is 0 Å². The number of hydrogen-bond donors (Lipinski definition) is 0. The molecule has 0 unspecified atom stereocenters. The molecule has 0 N–H and O–H groups in total. The highest BCUT2D eigenvalue weighted by Gasteiger charge is 2.27. The molecule has 9 nitrogen and oxygen atoms in total. The average molecular weight is 892 g/mol. The maximum Gasteiger partial charge on any atom is 0.188 e. The number of fused-ring (bicyclic) bond motifs is 7. The number of rotatable bonds is 7. The quantitative estimate of drug-likeness (QED) is 0.147. The molecular weight excluding hydrogens is 859 g/mol. The molecule has 0 amide bonds. The summed E-state index contributed by atoms with van der Waals surface area (Å²) >= 11 is 0. The molecule has 0 saturated carbocycles. The third kappa shape index (κ3) is 6.63. The summed E-state index contributed by atoms with van der Waals surface area (Å²) < 4.78 is 4.56. The van der Waals surface area contributed by atoms with E-state index in [0.717, 1.165) is 60.4 Å². The minimum absolute atomic E-state index is 0.283. The first-order valence-corrected chi connectivity index (χ1v) is 22.5. The van der Waals surface area contributed by atoms with Crippen molar-refractivity contribution in [1.29, 1.82) is 15.8 Å². The van der Waals surface area contributed by atoms with Gasteiger partial charge < -0.3 is 9.13 Å². The Kier molecular flexibility index (Phi) is 9.82. The fraction of sp³-hybridized carbons (Fsp3) is 0. The van der Waals surface area contributed by atoms with E-state index in [-0.39, 0.29) is 11.1 Å². The number of para-hydroxylation sites is 3. The van der Waals surface area contributed by atoms with E-state index in [2.05, 4.69) is 92.9 Å². The monoisotopic (exact) mass is 891 g/mol. The predicted octanol–water partition coefficient (Wildman–Crippen LogP) is 14.6. The van der Waals surface area contributed by atoms with Gasteiger partial charge in [0, 0.05) is 66.2 Å². The Morgan fingerprint density at radius 2 is 0.943 bits per heavy atom. The summed E-state index contributed by atoms with van der Waals surface area (Å²) in [6, 6.07) is 72.2. The molecule has 3 aromatic heterocycles. The van der Waals surface area contributed by atoms with E-state index in [9.17, 15) is 15.8 Å². The van der Waals surface area contributed by atoms with Crippen LogP contribution in [0, 0.1) is 40.6 Å². The number of nitrogens with zero attached hydrogens (tertiary/aromatic N) is 9. The normalized spacial score (nSPS) is 11.1. The van der Waals surface area contributed by atoms with Crippen molar-refractivity contribution in [3.05, 3.63) is 228 Å². The van der Waals surface area contributed by atoms with Gasteiger partial charge >= 0.3 is 0 Å². The Labute approximate surface area is 401 Å². The summed E-state index contributed by atoms with van der Waals surface area (Å²) in [5, 5.41) is 36.2. The summed E-state index contributed by atoms with van der Waals surface area (Å²) in [6.07, 6.45) is 0. The van der Waals surface area contributed by atoms with Crippen LogP contribution < -0.4 is 0 Å². The van der Waals surface area contributed by atoms with Crippen molar-refractivity contribution in [1.82, 2.24) is 24.1 Å². The Hall–Kier alpha value is -10.5. The Balaban J connectivity index is 1.28. The van der Waals surface area contributed by atoms with Crippen molar-refractivity contribution in [3.8, 4) is 86.0 Å². The van der Waals surface area contributed by atoms with E-state index in [1.807, 2.05) is 115 Å². The zero-order valence-electron chi connectivity index (χ0n) is 37.1. The summed E-state index contributed by atoms with van der Waals surface area (Å²) in [5.41, 5.74) is 11.3. The van der Waals surface area contributed by atoms with Crippen LogP contribution in [0.1, 0.15) is 16.7 Å². The average Bonchev–Trinajstić information content (AvgIpc) is 3.96. The zero-order valence-corrected chi connectivity index (χ0v) is 37.1. The molecule has 12 rings (SSSR count). The second kappa shape index (κ2) is 16.8. The molecule has 0 aliphatic rings. The second-order valence-electron chi connectivity index (χ2n) is 16.8. The van der Waals surface area contributed by atoms with Gasteiger partial charge in [-0.3, -0.25) is 0 Å². The maximum absolute atomic E-state index is 11.0. The molecule has 0 spiro atoms. The van der Waals surface area contributed by atoms with Crippen molar-refractivity contribution in [2.45, 2.75) is 0 Å². The molecule has 70 heavy (non-hydrogen) atoms. The molecule has 0 atom stereocenters. The van der Waals surface area contributed by atoms with E-state index in [1.165, 1.54) is 0 Å². The lowest BCUT2D eigenvalue weighted by molar-refractivity contribution is 1.07. The largest absolute Gasteiger partial charge is 0.309 e. The molecule has 9 heteroatoms. The maximum atomic E-state index is 11.0. The first kappa shape index (κ1) is 41.0. The Morgan fingerprint density at radius 3 is 1.54 bits per heavy atom. The highest BCUT2D eigenvalue weighted by atomic mass is 15.0. The smallest absolute Gasteiger partial charge is 0.188 e. The number of nitriles is 3. The van der Waals surface area contributed by atoms with Crippen molar-refractivity contribution in [2.24, 2.45) is 0 Å². The van der Waals surface area contributed by atoms with Crippen LogP contribution in [0.15, 0.2) is 200 Å². The molecule has 12 aromatic rings. The minimum atomic E-state index is 0.283. The third-order valence-corrected chi connectivity index (χ3v) is 12.9. The number of benzene rings is 9. The SMILES string of the molecule is [C-]#[N+]c1ccc(-c2cc(-c3nc(-c4ccccc4)nc(-c4ccccc4)n3)cc(-c3ccc(C#N)cc3C#N)c2-n2c3ccccc3c3c2ccc2c4ccccc4n(-c4ccccc4)c23)c(C#N)c1. The topological polar surface area (TPSA) is 124 Å². The van der Waals surface area contributed by atoms with Gasteiger partial charge in [0.05, 0.1) is 63.7 Å². The molecule has 0 aliphatic heterocycles. The van der Waals surface area contributed by atoms with E-state index >= 15 is 0 Å². The number of aromatic nitrogens is 5. The Bertz CT molecular complexity index is 4120. The van der Waals surface area contributed by atoms with Crippen LogP contribution in [-0.2, 0) is 0 Å². The van der Waals surface area contributed by atoms with Crippen molar-refractivity contribution >= 4 is 49.3 Å². The zero-order chi connectivity index (χ0) is 47.3. The highest BCUT2D eigenvalue weighted by Crippen LogP contribution is 2.48. The standard InChI is InChI=1S/C61H33N9/c1-65-44-26-28-47(43(32-44)37-64)52-34-41(61-67-59(39-15-5-2-6-16-39)66-60(68-61)40-17-7-3-8-18-40)33-51(46-27-25-38(35-62)31-42(46)36-63)57(52)70-54-24-14-12-22-50(54)56-55(70)30-29-49-48-21-11-13-23-53(48)69(58(49)56)45-19-9-4-10-20-45/h2-34H. The second-order valence-corrected chi connectivity index (χ2v) is 16.8. The first-order chi connectivity index (χ1) is 34.5. The fourth-order valence-corrected chi connectivity index (χ4v) is 9.82. The third-order valence-electron chi connectivity index (χ3n) is 12.9. The van der Waals surface area contributed by atoms with E-state index < -0.39 is 0 Å².